The molecule has 0 spiro atoms. The van der Waals surface area contributed by atoms with Crippen molar-refractivity contribution in [3.05, 3.63) is 63.1 Å². The van der Waals surface area contributed by atoms with Gasteiger partial charge in [0.15, 0.2) is 0 Å². The van der Waals surface area contributed by atoms with Crippen molar-refractivity contribution in [3.8, 4) is 0 Å². The maximum Gasteiger partial charge on any atom is 0.392 e. The van der Waals surface area contributed by atoms with Crippen LogP contribution in [0, 0.1) is 18.8 Å². The molecule has 0 aliphatic carbocycles. The van der Waals surface area contributed by atoms with Gasteiger partial charge in [-0.25, -0.2) is 0 Å². The Morgan fingerprint density at radius 1 is 1.03 bits per heavy atom. The largest absolute Gasteiger partial charge is 0.481 e. The average molecular weight is 504 g/mol. The molecule has 33 heavy (non-hydrogen) atoms. The topological polar surface area (TPSA) is 66.4 Å². The fourth-order valence-electron chi connectivity index (χ4n) is 3.85. The number of hydrogen-bond acceptors (Lipinski definition) is 2. The summed E-state index contributed by atoms with van der Waals surface area (Å²) in [5.74, 6) is -6.43. The van der Waals surface area contributed by atoms with Crippen molar-refractivity contribution in [2.24, 2.45) is 11.8 Å². The zero-order chi connectivity index (χ0) is 25.1. The number of halogens is 5. The zero-order valence-corrected chi connectivity index (χ0v) is 20.1. The Labute approximate surface area is 201 Å². The first-order valence-electron chi connectivity index (χ1n) is 10.4. The minimum absolute atomic E-state index is 0.125. The molecule has 0 saturated carbocycles. The highest BCUT2D eigenvalue weighted by atomic mass is 35.5. The number of rotatable bonds is 8. The number of anilines is 1. The summed E-state index contributed by atoms with van der Waals surface area (Å²) in [5.41, 5.74) is 1.47. The predicted octanol–water partition coefficient (Wildman–Crippen LogP) is 7.44. The van der Waals surface area contributed by atoms with E-state index in [0.717, 1.165) is 6.92 Å². The van der Waals surface area contributed by atoms with Gasteiger partial charge in [-0.3, -0.25) is 9.59 Å². The number of carboxylic acid groups (broad SMARTS) is 1. The van der Waals surface area contributed by atoms with Crippen molar-refractivity contribution in [2.75, 3.05) is 5.32 Å². The van der Waals surface area contributed by atoms with E-state index in [9.17, 15) is 27.9 Å². The summed E-state index contributed by atoms with van der Waals surface area (Å²) in [6.45, 7) is 6.01. The maximum atomic E-state index is 13.6. The number of aliphatic carboxylic acids is 1. The lowest BCUT2D eigenvalue weighted by atomic mass is 9.84. The summed E-state index contributed by atoms with van der Waals surface area (Å²) >= 11 is 12.2. The summed E-state index contributed by atoms with van der Waals surface area (Å²) in [6, 6.07) is 9.01. The third-order valence-electron chi connectivity index (χ3n) is 5.95. The highest BCUT2D eigenvalue weighted by molar-refractivity contribution is 6.33. The lowest BCUT2D eigenvalue weighted by Gasteiger charge is -2.27. The van der Waals surface area contributed by atoms with Gasteiger partial charge in [0.2, 0.25) is 5.91 Å². The van der Waals surface area contributed by atoms with Crippen LogP contribution in [-0.4, -0.2) is 23.2 Å². The Hall–Kier alpha value is -2.25. The van der Waals surface area contributed by atoms with Gasteiger partial charge in [-0.1, -0.05) is 62.2 Å². The molecule has 0 fully saturated rings. The number of nitrogens with one attached hydrogen (secondary N) is 1. The van der Waals surface area contributed by atoms with Gasteiger partial charge < -0.3 is 10.4 Å². The number of carboxylic acids is 1. The number of hydrogen-bond donors (Lipinski definition) is 2. The highest BCUT2D eigenvalue weighted by Crippen LogP contribution is 2.40. The number of aryl methyl sites for hydroxylation is 1. The van der Waals surface area contributed by atoms with E-state index in [4.69, 9.17) is 23.2 Å². The van der Waals surface area contributed by atoms with E-state index < -0.39 is 35.8 Å². The molecule has 0 aliphatic heterocycles. The van der Waals surface area contributed by atoms with Crippen LogP contribution in [-0.2, 0) is 9.59 Å². The van der Waals surface area contributed by atoms with Crippen LogP contribution in [0.2, 0.25) is 10.0 Å². The predicted molar refractivity (Wildman–Crippen MR) is 124 cm³/mol. The molecule has 180 valence electrons. The fourth-order valence-corrected chi connectivity index (χ4v) is 4.13. The molecule has 0 aliphatic rings. The first-order valence-corrected chi connectivity index (χ1v) is 11.2. The van der Waals surface area contributed by atoms with Gasteiger partial charge in [-0.15, -0.1) is 0 Å². The zero-order valence-electron chi connectivity index (χ0n) is 18.6. The van der Waals surface area contributed by atoms with Crippen LogP contribution >= 0.6 is 23.2 Å². The first-order chi connectivity index (χ1) is 15.3. The number of carbonyl (C=O) groups is 2. The molecule has 4 nitrogen and oxygen atoms in total. The Morgan fingerprint density at radius 2 is 1.61 bits per heavy atom. The summed E-state index contributed by atoms with van der Waals surface area (Å²) < 4.78 is 40.9. The molecular formula is C24H26Cl2F3NO3. The second-order valence-electron chi connectivity index (χ2n) is 8.19. The molecule has 4 atom stereocenters. The first kappa shape index (κ1) is 27.0. The molecule has 2 N–H and O–H groups in total. The molecular weight excluding hydrogens is 478 g/mol. The minimum Gasteiger partial charge on any atom is -0.481 e. The second kappa shape index (κ2) is 10.8. The summed E-state index contributed by atoms with van der Waals surface area (Å²) in [6.07, 6.45) is -4.11. The number of alkyl halides is 3. The highest BCUT2D eigenvalue weighted by Gasteiger charge is 2.45. The van der Waals surface area contributed by atoms with Gasteiger partial charge >= 0.3 is 12.1 Å². The van der Waals surface area contributed by atoms with Crippen molar-refractivity contribution in [2.45, 2.75) is 52.1 Å². The third-order valence-corrected chi connectivity index (χ3v) is 6.70. The summed E-state index contributed by atoms with van der Waals surface area (Å²) in [4.78, 5) is 24.6. The Balaban J connectivity index is 2.46. The standard InChI is InChI=1S/C24H26Cl2F3NO3/c1-5-17(13(3)23(32)33)15-6-9-19(26)20(11-15)30-22(31)21(14(4)24(27,28)29)16-7-8-18(25)12(2)10-16/h6-11,13-14,17,21H,5H2,1-4H3,(H,30,31)(H,32,33)/t13-,14+,17?,21-/m0/s1. The Morgan fingerprint density at radius 3 is 2.12 bits per heavy atom. The van der Waals surface area contributed by atoms with Crippen molar-refractivity contribution in [3.63, 3.8) is 0 Å². The lowest BCUT2D eigenvalue weighted by Crippen LogP contribution is -2.34. The SMILES string of the molecule is CCC(c1ccc(Cl)c(NC(=O)[C@H](c2ccc(Cl)c(C)c2)[C@@H](C)C(F)(F)F)c1)[C@H](C)C(=O)O. The molecule has 9 heteroatoms. The van der Waals surface area contributed by atoms with Gasteiger partial charge in [-0.05, 0) is 54.2 Å². The van der Waals surface area contributed by atoms with Crippen LogP contribution in [0.4, 0.5) is 18.9 Å². The van der Waals surface area contributed by atoms with E-state index in [2.05, 4.69) is 5.32 Å². The third kappa shape index (κ3) is 6.42. The second-order valence-corrected chi connectivity index (χ2v) is 9.00. The van der Waals surface area contributed by atoms with Crippen molar-refractivity contribution in [1.29, 1.82) is 0 Å². The minimum atomic E-state index is -4.62. The number of amides is 1. The maximum absolute atomic E-state index is 13.6. The quantitative estimate of drug-likeness (QED) is 0.393. The van der Waals surface area contributed by atoms with E-state index in [1.807, 2.05) is 6.92 Å². The van der Waals surface area contributed by atoms with E-state index >= 15 is 0 Å². The van der Waals surface area contributed by atoms with Crippen LogP contribution in [0.1, 0.15) is 55.7 Å². The van der Waals surface area contributed by atoms with E-state index in [1.54, 1.807) is 19.9 Å². The van der Waals surface area contributed by atoms with E-state index in [1.165, 1.54) is 30.3 Å². The molecule has 1 amide bonds. The van der Waals surface area contributed by atoms with E-state index in [0.29, 0.717) is 22.6 Å². The number of benzene rings is 2. The monoisotopic (exact) mass is 503 g/mol. The van der Waals surface area contributed by atoms with Crippen LogP contribution < -0.4 is 5.32 Å². The molecule has 2 rings (SSSR count). The molecule has 0 saturated heterocycles. The molecule has 0 aromatic heterocycles. The number of carbonyl (C=O) groups excluding carboxylic acids is 1. The van der Waals surface area contributed by atoms with Crippen LogP contribution in [0.25, 0.3) is 0 Å². The summed E-state index contributed by atoms with van der Waals surface area (Å²) in [5, 5.41) is 12.4. The summed E-state index contributed by atoms with van der Waals surface area (Å²) in [7, 11) is 0. The Bertz CT molecular complexity index is 1030. The smallest absolute Gasteiger partial charge is 0.392 e. The van der Waals surface area contributed by atoms with E-state index in [-0.39, 0.29) is 22.2 Å². The van der Waals surface area contributed by atoms with Crippen molar-refractivity contribution < 1.29 is 27.9 Å². The Kier molecular flexibility index (Phi) is 8.82. The van der Waals surface area contributed by atoms with Crippen LogP contribution in [0.5, 0.6) is 0 Å². The molecule has 0 heterocycles. The normalized spacial score (nSPS) is 15.4. The molecule has 0 bridgehead atoms. The van der Waals surface area contributed by atoms with Crippen LogP contribution in [0.3, 0.4) is 0 Å². The molecule has 2 aromatic carbocycles. The lowest BCUT2D eigenvalue weighted by molar-refractivity contribution is -0.178. The fraction of sp³-hybridized carbons (Fsp3) is 0.417. The van der Waals surface area contributed by atoms with Gasteiger partial charge in [0.05, 0.1) is 28.5 Å². The molecule has 1 unspecified atom stereocenters. The van der Waals surface area contributed by atoms with Crippen LogP contribution in [0.15, 0.2) is 36.4 Å². The van der Waals surface area contributed by atoms with Crippen molar-refractivity contribution in [1.82, 2.24) is 0 Å². The van der Waals surface area contributed by atoms with Gasteiger partial charge in [-0.2, -0.15) is 13.2 Å². The van der Waals surface area contributed by atoms with Gasteiger partial charge in [0, 0.05) is 5.02 Å². The molecule has 0 radical (unpaired) electrons. The molecule has 2 aromatic rings. The van der Waals surface area contributed by atoms with Gasteiger partial charge in [0.25, 0.3) is 0 Å². The average Bonchev–Trinajstić information content (AvgIpc) is 2.72. The van der Waals surface area contributed by atoms with Crippen molar-refractivity contribution >= 4 is 40.8 Å². The van der Waals surface area contributed by atoms with Gasteiger partial charge in [0.1, 0.15) is 0 Å².